The van der Waals surface area contributed by atoms with Gasteiger partial charge in [0.05, 0.1) is 36.2 Å². The van der Waals surface area contributed by atoms with Crippen LogP contribution in [-0.4, -0.2) is 107 Å². The Morgan fingerprint density at radius 1 is 1.18 bits per heavy atom. The number of carbonyl (C=O) groups is 3. The number of carbonyl (C=O) groups excluding carboxylic acids is 2. The fourth-order valence-corrected chi connectivity index (χ4v) is 5.59. The molecule has 4 rings (SSSR count). The quantitative estimate of drug-likeness (QED) is 0.317. The first-order valence-electron chi connectivity index (χ1n) is 14.0. The van der Waals surface area contributed by atoms with Crippen LogP contribution in [0.1, 0.15) is 43.7 Å². The van der Waals surface area contributed by atoms with Gasteiger partial charge in [0.1, 0.15) is 5.82 Å². The number of rotatable bonds is 11. The van der Waals surface area contributed by atoms with Crippen LogP contribution < -0.4 is 5.32 Å². The molecule has 2 aliphatic rings. The maximum absolute atomic E-state index is 14.2. The van der Waals surface area contributed by atoms with Crippen LogP contribution >= 0.6 is 0 Å². The number of methoxy groups -OCH3 is 1. The number of halogens is 1. The maximum atomic E-state index is 14.2. The van der Waals surface area contributed by atoms with Gasteiger partial charge in [0.2, 0.25) is 11.7 Å². The minimum Gasteiger partial charge on any atom is -0.465 e. The molecule has 0 spiro atoms. The van der Waals surface area contributed by atoms with Crippen molar-refractivity contribution in [1.29, 1.82) is 0 Å². The SMILES string of the molecule is COCCCCn1c(C(=O)C(N[C@H]2C[C@@H](C(=O)N3CCOCC3)CN(C(=O)O)C2)C(C)C)nc2ccc(F)cc21. The third kappa shape index (κ3) is 6.97. The van der Waals surface area contributed by atoms with Gasteiger partial charge in [0, 0.05) is 52.5 Å². The number of aryl methyl sites for hydroxylation is 1. The number of morpholine rings is 1. The number of unbranched alkanes of at least 4 members (excludes halogenated alkanes) is 1. The second-order valence-electron chi connectivity index (χ2n) is 10.9. The first kappa shape index (κ1) is 29.9. The summed E-state index contributed by atoms with van der Waals surface area (Å²) in [5.41, 5.74) is 1.08. The van der Waals surface area contributed by atoms with Gasteiger partial charge in [-0.15, -0.1) is 0 Å². The molecule has 2 saturated heterocycles. The number of imidazole rings is 1. The fourth-order valence-electron chi connectivity index (χ4n) is 5.59. The Balaban J connectivity index is 1.57. The molecule has 12 heteroatoms. The number of nitrogens with one attached hydrogen (secondary N) is 1. The molecule has 1 aromatic carbocycles. The summed E-state index contributed by atoms with van der Waals surface area (Å²) < 4.78 is 26.4. The summed E-state index contributed by atoms with van der Waals surface area (Å²) in [5.74, 6) is -1.18. The Morgan fingerprint density at radius 2 is 1.93 bits per heavy atom. The van der Waals surface area contributed by atoms with Crippen molar-refractivity contribution < 1.29 is 33.4 Å². The topological polar surface area (TPSA) is 126 Å². The van der Waals surface area contributed by atoms with E-state index >= 15 is 0 Å². The molecule has 0 aliphatic carbocycles. The molecule has 40 heavy (non-hydrogen) atoms. The van der Waals surface area contributed by atoms with Gasteiger partial charge in [-0.05, 0) is 43.4 Å². The number of Topliss-reactive ketones (excluding diaryl/α,β-unsaturated/α-hetero) is 1. The first-order valence-corrected chi connectivity index (χ1v) is 14.0. The van der Waals surface area contributed by atoms with Crippen molar-refractivity contribution in [3.63, 3.8) is 0 Å². The lowest BCUT2D eigenvalue weighted by molar-refractivity contribution is -0.141. The molecule has 0 bridgehead atoms. The summed E-state index contributed by atoms with van der Waals surface area (Å²) in [6.07, 6.45) is 0.807. The molecule has 2 amide bonds. The molecule has 2 aliphatic heterocycles. The molecule has 220 valence electrons. The molecule has 2 fully saturated rings. The highest BCUT2D eigenvalue weighted by Crippen LogP contribution is 2.24. The first-order chi connectivity index (χ1) is 19.2. The van der Waals surface area contributed by atoms with Crippen LogP contribution in [0.5, 0.6) is 0 Å². The molecule has 2 aromatic rings. The molecule has 2 N–H and O–H groups in total. The second-order valence-corrected chi connectivity index (χ2v) is 10.9. The Bertz CT molecular complexity index is 1200. The highest BCUT2D eigenvalue weighted by molar-refractivity contribution is 6.00. The zero-order chi connectivity index (χ0) is 28.8. The van der Waals surface area contributed by atoms with E-state index in [2.05, 4.69) is 10.3 Å². The van der Waals surface area contributed by atoms with E-state index in [9.17, 15) is 23.9 Å². The van der Waals surface area contributed by atoms with Gasteiger partial charge in [0.15, 0.2) is 5.82 Å². The molecule has 11 nitrogen and oxygen atoms in total. The van der Waals surface area contributed by atoms with Gasteiger partial charge in [-0.1, -0.05) is 13.8 Å². The van der Waals surface area contributed by atoms with Crippen molar-refractivity contribution >= 4 is 28.8 Å². The van der Waals surface area contributed by atoms with Crippen LogP contribution in [0.2, 0.25) is 0 Å². The minimum atomic E-state index is -1.10. The van der Waals surface area contributed by atoms with Crippen molar-refractivity contribution in [2.75, 3.05) is 53.1 Å². The van der Waals surface area contributed by atoms with Crippen LogP contribution in [-0.2, 0) is 20.8 Å². The van der Waals surface area contributed by atoms with Crippen molar-refractivity contribution in [2.45, 2.75) is 51.7 Å². The molecular weight excluding hydrogens is 521 g/mol. The standard InChI is InChI=1S/C28H40FN5O6/c1-18(2)24(25(35)26-31-22-7-6-20(29)15-23(22)34(26)8-4-5-11-39-3)30-21-14-19(16-33(17-21)28(37)38)27(36)32-9-12-40-13-10-32/h6-7,15,18-19,21,24,30H,4-5,8-14,16-17H2,1-3H3,(H,37,38)/t19-,21+,24?/m1/s1. The van der Waals surface area contributed by atoms with Crippen LogP contribution in [0.3, 0.4) is 0 Å². The lowest BCUT2D eigenvalue weighted by Gasteiger charge is -2.40. The van der Waals surface area contributed by atoms with Crippen LogP contribution in [0.4, 0.5) is 9.18 Å². The Hall–Kier alpha value is -3.09. The molecule has 1 aromatic heterocycles. The van der Waals surface area contributed by atoms with E-state index in [1.165, 1.54) is 17.0 Å². The lowest BCUT2D eigenvalue weighted by Crippen LogP contribution is -2.58. The Morgan fingerprint density at radius 3 is 2.60 bits per heavy atom. The van der Waals surface area contributed by atoms with Crippen LogP contribution in [0, 0.1) is 17.7 Å². The number of aromatic nitrogens is 2. The molecule has 1 unspecified atom stereocenters. The summed E-state index contributed by atoms with van der Waals surface area (Å²) in [6.45, 7) is 7.04. The molecule has 0 radical (unpaired) electrons. The average Bonchev–Trinajstić information content (AvgIpc) is 3.30. The van der Waals surface area contributed by atoms with Crippen molar-refractivity contribution in [2.24, 2.45) is 11.8 Å². The summed E-state index contributed by atoms with van der Waals surface area (Å²) in [5, 5.41) is 13.2. The highest BCUT2D eigenvalue weighted by Gasteiger charge is 2.39. The number of hydrogen-bond donors (Lipinski definition) is 2. The van der Waals surface area contributed by atoms with Crippen LogP contribution in [0.15, 0.2) is 18.2 Å². The summed E-state index contributed by atoms with van der Waals surface area (Å²) in [6, 6.07) is 3.19. The van der Waals surface area contributed by atoms with E-state index in [0.29, 0.717) is 56.9 Å². The minimum absolute atomic E-state index is 0.0895. The van der Waals surface area contributed by atoms with E-state index in [1.54, 1.807) is 22.6 Å². The van der Waals surface area contributed by atoms with Gasteiger partial charge < -0.3 is 34.3 Å². The van der Waals surface area contributed by atoms with Gasteiger partial charge in [-0.25, -0.2) is 14.2 Å². The highest BCUT2D eigenvalue weighted by atomic mass is 19.1. The number of piperidine rings is 1. The number of ether oxygens (including phenoxy) is 2. The summed E-state index contributed by atoms with van der Waals surface area (Å²) >= 11 is 0. The number of benzene rings is 1. The normalized spacial score (nSPS) is 20.7. The number of carboxylic acid groups (broad SMARTS) is 1. The second kappa shape index (κ2) is 13.5. The van der Waals surface area contributed by atoms with E-state index < -0.39 is 29.9 Å². The Labute approximate surface area is 233 Å². The van der Waals surface area contributed by atoms with Crippen LogP contribution in [0.25, 0.3) is 11.0 Å². The van der Waals surface area contributed by atoms with E-state index in [0.717, 1.165) is 12.8 Å². The predicted octanol–water partition coefficient (Wildman–Crippen LogP) is 2.63. The van der Waals surface area contributed by atoms with Gasteiger partial charge in [0.25, 0.3) is 0 Å². The number of hydrogen-bond acceptors (Lipinski definition) is 7. The zero-order valence-corrected chi connectivity index (χ0v) is 23.5. The van der Waals surface area contributed by atoms with Crippen molar-refractivity contribution in [3.8, 4) is 0 Å². The Kier molecular flexibility index (Phi) is 10.1. The van der Waals surface area contributed by atoms with Gasteiger partial charge >= 0.3 is 6.09 Å². The lowest BCUT2D eigenvalue weighted by atomic mass is 9.90. The maximum Gasteiger partial charge on any atom is 0.407 e. The van der Waals surface area contributed by atoms with Gasteiger partial charge in [-0.2, -0.15) is 0 Å². The monoisotopic (exact) mass is 561 g/mol. The third-order valence-electron chi connectivity index (χ3n) is 7.67. The van der Waals surface area contributed by atoms with E-state index in [4.69, 9.17) is 9.47 Å². The smallest absolute Gasteiger partial charge is 0.407 e. The number of likely N-dealkylation sites (tertiary alicyclic amines) is 1. The van der Waals surface area contributed by atoms with E-state index in [1.807, 2.05) is 13.8 Å². The number of nitrogens with zero attached hydrogens (tertiary/aromatic N) is 4. The zero-order valence-electron chi connectivity index (χ0n) is 23.5. The molecule has 3 atom stereocenters. The van der Waals surface area contributed by atoms with Crippen molar-refractivity contribution in [1.82, 2.24) is 24.7 Å². The van der Waals surface area contributed by atoms with E-state index in [-0.39, 0.29) is 36.5 Å². The number of amides is 2. The summed E-state index contributed by atoms with van der Waals surface area (Å²) in [7, 11) is 1.63. The van der Waals surface area contributed by atoms with Gasteiger partial charge in [-0.3, -0.25) is 9.59 Å². The third-order valence-corrected chi connectivity index (χ3v) is 7.67. The fraction of sp³-hybridized carbons (Fsp3) is 0.643. The van der Waals surface area contributed by atoms with Crippen molar-refractivity contribution in [3.05, 3.63) is 29.8 Å². The molecule has 0 saturated carbocycles. The average molecular weight is 562 g/mol. The summed E-state index contributed by atoms with van der Waals surface area (Å²) in [4.78, 5) is 46.8. The molecular formula is C28H40FN5O6. The largest absolute Gasteiger partial charge is 0.465 e. The predicted molar refractivity (Wildman–Crippen MR) is 146 cm³/mol. The molecule has 3 heterocycles. The number of ketones is 1. The number of fused-ring (bicyclic) bond motifs is 1.